The molecular formula is C15H22N2O2. The van der Waals surface area contributed by atoms with Crippen molar-refractivity contribution in [3.05, 3.63) is 30.1 Å². The zero-order chi connectivity index (χ0) is 13.9. The maximum absolute atomic E-state index is 12.1. The fraction of sp³-hybridized carbons (Fsp3) is 0.600. The van der Waals surface area contributed by atoms with Gasteiger partial charge in [0.1, 0.15) is 5.60 Å². The molecule has 1 amide bonds. The first kappa shape index (κ1) is 13.8. The topological polar surface area (TPSA) is 42.4 Å². The lowest BCUT2D eigenvalue weighted by Gasteiger charge is -2.34. The van der Waals surface area contributed by atoms with Gasteiger partial charge in [-0.05, 0) is 45.2 Å². The highest BCUT2D eigenvalue weighted by atomic mass is 16.6. The van der Waals surface area contributed by atoms with Crippen LogP contribution < -0.4 is 0 Å². The van der Waals surface area contributed by atoms with Gasteiger partial charge in [0.05, 0.1) is 0 Å². The minimum Gasteiger partial charge on any atom is -0.444 e. The average molecular weight is 262 g/mol. The summed E-state index contributed by atoms with van der Waals surface area (Å²) in [5, 5.41) is 0. The number of ether oxygens (including phenoxy) is 1. The second kappa shape index (κ2) is 5.59. The average Bonchev–Trinajstić information content (AvgIpc) is 2.38. The minimum atomic E-state index is -0.432. The molecule has 1 aromatic rings. The summed E-state index contributed by atoms with van der Waals surface area (Å²) >= 11 is 0. The number of pyridine rings is 1. The van der Waals surface area contributed by atoms with Gasteiger partial charge in [-0.3, -0.25) is 4.98 Å². The summed E-state index contributed by atoms with van der Waals surface area (Å²) in [6.45, 7) is 7.20. The standard InChI is InChI=1S/C15H22N2O2/c1-15(2,3)19-14(18)17-9-5-7-13(11-17)12-6-4-8-16-10-12/h4,6,8,10,13H,5,7,9,11H2,1-3H3. The number of carbonyl (C=O) groups is 1. The lowest BCUT2D eigenvalue weighted by molar-refractivity contribution is 0.0198. The van der Waals surface area contributed by atoms with Crippen LogP contribution in [0.3, 0.4) is 0 Å². The van der Waals surface area contributed by atoms with Gasteiger partial charge in [0.25, 0.3) is 0 Å². The molecule has 1 aliphatic rings. The number of rotatable bonds is 1. The molecule has 1 atom stereocenters. The van der Waals surface area contributed by atoms with Gasteiger partial charge in [-0.2, -0.15) is 0 Å². The summed E-state index contributed by atoms with van der Waals surface area (Å²) in [4.78, 5) is 18.0. The maximum Gasteiger partial charge on any atom is 0.410 e. The predicted molar refractivity (Wildman–Crippen MR) is 74.0 cm³/mol. The third-order valence-corrected chi connectivity index (χ3v) is 3.23. The number of amides is 1. The highest BCUT2D eigenvalue weighted by molar-refractivity contribution is 5.68. The van der Waals surface area contributed by atoms with Gasteiger partial charge >= 0.3 is 6.09 Å². The van der Waals surface area contributed by atoms with Crippen molar-refractivity contribution in [1.29, 1.82) is 0 Å². The Labute approximate surface area is 114 Å². The molecule has 1 unspecified atom stereocenters. The molecule has 4 nitrogen and oxygen atoms in total. The lowest BCUT2D eigenvalue weighted by Crippen LogP contribution is -2.42. The van der Waals surface area contributed by atoms with E-state index in [1.807, 2.05) is 37.9 Å². The van der Waals surface area contributed by atoms with Crippen molar-refractivity contribution >= 4 is 6.09 Å². The summed E-state index contributed by atoms with van der Waals surface area (Å²) in [5.41, 5.74) is 0.772. The Morgan fingerprint density at radius 1 is 1.47 bits per heavy atom. The molecule has 19 heavy (non-hydrogen) atoms. The molecule has 1 aliphatic heterocycles. The summed E-state index contributed by atoms with van der Waals surface area (Å²) in [6, 6.07) is 4.03. The van der Waals surface area contributed by atoms with Crippen LogP contribution in [0.2, 0.25) is 0 Å². The van der Waals surface area contributed by atoms with Crippen LogP contribution in [0.4, 0.5) is 4.79 Å². The monoisotopic (exact) mass is 262 g/mol. The van der Waals surface area contributed by atoms with E-state index >= 15 is 0 Å². The van der Waals surface area contributed by atoms with Crippen LogP contribution in [0.25, 0.3) is 0 Å². The van der Waals surface area contributed by atoms with E-state index in [0.717, 1.165) is 25.9 Å². The Bertz CT molecular complexity index is 426. The zero-order valence-corrected chi connectivity index (χ0v) is 11.9. The molecule has 0 radical (unpaired) electrons. The van der Waals surface area contributed by atoms with Crippen LogP contribution >= 0.6 is 0 Å². The van der Waals surface area contributed by atoms with Gasteiger partial charge < -0.3 is 9.64 Å². The van der Waals surface area contributed by atoms with Gasteiger partial charge in [0, 0.05) is 31.4 Å². The lowest BCUT2D eigenvalue weighted by atomic mass is 9.92. The molecule has 1 saturated heterocycles. The Morgan fingerprint density at radius 3 is 2.89 bits per heavy atom. The Kier molecular flexibility index (Phi) is 4.08. The first-order valence-electron chi connectivity index (χ1n) is 6.83. The van der Waals surface area contributed by atoms with Crippen LogP contribution in [0.15, 0.2) is 24.5 Å². The Morgan fingerprint density at radius 2 is 2.26 bits per heavy atom. The van der Waals surface area contributed by atoms with E-state index < -0.39 is 5.60 Å². The molecule has 1 fully saturated rings. The highest BCUT2D eigenvalue weighted by Gasteiger charge is 2.28. The number of hydrogen-bond donors (Lipinski definition) is 0. The Balaban J connectivity index is 2.00. The van der Waals surface area contributed by atoms with Crippen molar-refractivity contribution in [2.75, 3.05) is 13.1 Å². The molecule has 0 aromatic carbocycles. The smallest absolute Gasteiger partial charge is 0.410 e. The van der Waals surface area contributed by atoms with Crippen molar-refractivity contribution in [3.63, 3.8) is 0 Å². The normalized spacial score (nSPS) is 20.2. The van der Waals surface area contributed by atoms with Crippen LogP contribution in [0, 0.1) is 0 Å². The fourth-order valence-corrected chi connectivity index (χ4v) is 2.36. The Hall–Kier alpha value is -1.58. The maximum atomic E-state index is 12.1. The molecule has 0 bridgehead atoms. The molecule has 0 spiro atoms. The highest BCUT2D eigenvalue weighted by Crippen LogP contribution is 2.27. The van der Waals surface area contributed by atoms with Crippen LogP contribution in [0.5, 0.6) is 0 Å². The SMILES string of the molecule is CC(C)(C)OC(=O)N1CCCC(c2cccnc2)C1. The first-order chi connectivity index (χ1) is 8.96. The van der Waals surface area contributed by atoms with Crippen LogP contribution in [-0.4, -0.2) is 34.7 Å². The molecule has 0 saturated carbocycles. The third-order valence-electron chi connectivity index (χ3n) is 3.23. The number of hydrogen-bond acceptors (Lipinski definition) is 3. The van der Waals surface area contributed by atoms with Crippen molar-refractivity contribution in [2.45, 2.75) is 45.1 Å². The molecular weight excluding hydrogens is 240 g/mol. The fourth-order valence-electron chi connectivity index (χ4n) is 2.36. The minimum absolute atomic E-state index is 0.207. The molecule has 4 heteroatoms. The van der Waals surface area contributed by atoms with Crippen LogP contribution in [-0.2, 0) is 4.74 Å². The largest absolute Gasteiger partial charge is 0.444 e. The third kappa shape index (κ3) is 3.94. The van der Waals surface area contributed by atoms with Crippen LogP contribution in [0.1, 0.15) is 45.1 Å². The number of piperidine rings is 1. The number of likely N-dealkylation sites (tertiary alicyclic amines) is 1. The van der Waals surface area contributed by atoms with Crippen molar-refractivity contribution in [2.24, 2.45) is 0 Å². The predicted octanol–water partition coefficient (Wildman–Crippen LogP) is 3.20. The van der Waals surface area contributed by atoms with E-state index in [4.69, 9.17) is 4.74 Å². The molecule has 2 heterocycles. The molecule has 0 N–H and O–H groups in total. The van der Waals surface area contributed by atoms with Crippen molar-refractivity contribution in [3.8, 4) is 0 Å². The van der Waals surface area contributed by atoms with E-state index in [-0.39, 0.29) is 6.09 Å². The van der Waals surface area contributed by atoms with E-state index in [0.29, 0.717) is 5.92 Å². The second-order valence-corrected chi connectivity index (χ2v) is 6.05. The quantitative estimate of drug-likeness (QED) is 0.780. The molecule has 0 aliphatic carbocycles. The summed E-state index contributed by atoms with van der Waals surface area (Å²) in [5.74, 6) is 0.370. The molecule has 104 valence electrons. The summed E-state index contributed by atoms with van der Waals surface area (Å²) < 4.78 is 5.43. The first-order valence-corrected chi connectivity index (χ1v) is 6.83. The summed E-state index contributed by atoms with van der Waals surface area (Å²) in [7, 11) is 0. The molecule has 1 aromatic heterocycles. The van der Waals surface area contributed by atoms with E-state index in [1.165, 1.54) is 5.56 Å². The number of nitrogens with zero attached hydrogens (tertiary/aromatic N) is 2. The van der Waals surface area contributed by atoms with Gasteiger partial charge in [0.15, 0.2) is 0 Å². The van der Waals surface area contributed by atoms with Gasteiger partial charge in [-0.1, -0.05) is 6.07 Å². The van der Waals surface area contributed by atoms with E-state index in [1.54, 1.807) is 6.20 Å². The number of carbonyl (C=O) groups excluding carboxylic acids is 1. The van der Waals surface area contributed by atoms with Crippen molar-refractivity contribution in [1.82, 2.24) is 9.88 Å². The van der Waals surface area contributed by atoms with Gasteiger partial charge in [0.2, 0.25) is 0 Å². The number of aromatic nitrogens is 1. The van der Waals surface area contributed by atoms with E-state index in [9.17, 15) is 4.79 Å². The van der Waals surface area contributed by atoms with E-state index in [2.05, 4.69) is 11.1 Å². The van der Waals surface area contributed by atoms with Gasteiger partial charge in [-0.15, -0.1) is 0 Å². The second-order valence-electron chi connectivity index (χ2n) is 6.05. The molecule has 2 rings (SSSR count). The van der Waals surface area contributed by atoms with Crippen molar-refractivity contribution < 1.29 is 9.53 Å². The summed E-state index contributed by atoms with van der Waals surface area (Å²) in [6.07, 6.45) is 5.58. The zero-order valence-electron chi connectivity index (χ0n) is 11.9. The van der Waals surface area contributed by atoms with Gasteiger partial charge in [-0.25, -0.2) is 4.79 Å².